The van der Waals surface area contributed by atoms with Crippen LogP contribution in [0.4, 0.5) is 5.69 Å². The molecule has 1 aliphatic rings. The van der Waals surface area contributed by atoms with E-state index in [1.807, 2.05) is 6.07 Å². The average Bonchev–Trinajstić information content (AvgIpc) is 3.10. The zero-order chi connectivity index (χ0) is 13.3. The topological polar surface area (TPSA) is 72.6 Å². The van der Waals surface area contributed by atoms with Gasteiger partial charge in [0, 0.05) is 11.5 Å². The molecule has 0 saturated heterocycles. The van der Waals surface area contributed by atoms with Crippen LogP contribution in [0, 0.1) is 15.5 Å². The van der Waals surface area contributed by atoms with Crippen LogP contribution in [0.15, 0.2) is 18.2 Å². The Morgan fingerprint density at radius 2 is 2.22 bits per heavy atom. The molecule has 0 heterocycles. The maximum atomic E-state index is 10.9. The van der Waals surface area contributed by atoms with Crippen molar-refractivity contribution >= 4 is 5.69 Å². The van der Waals surface area contributed by atoms with Crippen molar-refractivity contribution in [1.82, 2.24) is 0 Å². The quantitative estimate of drug-likeness (QED) is 0.643. The summed E-state index contributed by atoms with van der Waals surface area (Å²) in [6.07, 6.45) is 2.25. The van der Waals surface area contributed by atoms with Gasteiger partial charge in [-0.25, -0.2) is 0 Å². The van der Waals surface area contributed by atoms with Crippen LogP contribution in [0.25, 0.3) is 0 Å². The molecule has 0 amide bonds. The third-order valence-electron chi connectivity index (χ3n) is 3.77. The van der Waals surface area contributed by atoms with Gasteiger partial charge in [0.05, 0.1) is 18.1 Å². The van der Waals surface area contributed by atoms with E-state index in [0.29, 0.717) is 6.42 Å². The second kappa shape index (κ2) is 4.57. The number of hydrogen-bond acceptors (Lipinski definition) is 4. The lowest BCUT2D eigenvalue weighted by atomic mass is 9.91. The zero-order valence-corrected chi connectivity index (χ0v) is 10.5. The van der Waals surface area contributed by atoms with Gasteiger partial charge in [0.2, 0.25) is 0 Å². The molecule has 98 valence electrons. The van der Waals surface area contributed by atoms with Crippen LogP contribution in [0.2, 0.25) is 0 Å². The van der Waals surface area contributed by atoms with Crippen molar-refractivity contribution in [2.45, 2.75) is 32.3 Å². The van der Waals surface area contributed by atoms with Gasteiger partial charge >= 0.3 is 5.69 Å². The smallest absolute Gasteiger partial charge is 0.311 e. The molecule has 1 aliphatic carbocycles. The molecular formula is C13H17NO4. The minimum Gasteiger partial charge on any atom is -0.490 e. The van der Waals surface area contributed by atoms with Crippen LogP contribution >= 0.6 is 0 Å². The number of nitro groups is 1. The summed E-state index contributed by atoms with van der Waals surface area (Å²) in [5.41, 5.74) is 0.778. The van der Waals surface area contributed by atoms with Crippen molar-refractivity contribution in [2.75, 3.05) is 7.11 Å². The molecule has 1 atom stereocenters. The van der Waals surface area contributed by atoms with E-state index >= 15 is 0 Å². The number of ether oxygens (including phenoxy) is 1. The highest BCUT2D eigenvalue weighted by molar-refractivity contribution is 5.49. The van der Waals surface area contributed by atoms with Crippen LogP contribution in [0.5, 0.6) is 5.75 Å². The summed E-state index contributed by atoms with van der Waals surface area (Å²) < 4.78 is 4.96. The second-order valence-corrected chi connectivity index (χ2v) is 4.98. The number of nitro benzene ring substituents is 1. The molecule has 0 aliphatic heterocycles. The van der Waals surface area contributed by atoms with Gasteiger partial charge in [-0.05, 0) is 37.8 Å². The molecule has 0 spiro atoms. The summed E-state index contributed by atoms with van der Waals surface area (Å²) in [4.78, 5) is 10.5. The lowest BCUT2D eigenvalue weighted by Crippen LogP contribution is -2.20. The van der Waals surface area contributed by atoms with E-state index in [9.17, 15) is 15.2 Å². The van der Waals surface area contributed by atoms with Gasteiger partial charge in [-0.15, -0.1) is 0 Å². The number of hydrogen-bond donors (Lipinski definition) is 1. The maximum Gasteiger partial charge on any atom is 0.311 e. The molecular weight excluding hydrogens is 234 g/mol. The Balaban J connectivity index is 2.25. The summed E-state index contributed by atoms with van der Waals surface area (Å²) in [5.74, 6) is 0.269. The number of rotatable bonds is 5. The summed E-state index contributed by atoms with van der Waals surface area (Å²) in [5, 5.41) is 20.6. The fourth-order valence-corrected chi connectivity index (χ4v) is 2.30. The van der Waals surface area contributed by atoms with Crippen molar-refractivity contribution in [1.29, 1.82) is 0 Å². The Hall–Kier alpha value is -1.62. The summed E-state index contributed by atoms with van der Waals surface area (Å²) >= 11 is 0. The molecule has 0 bridgehead atoms. The molecule has 0 aromatic heterocycles. The molecule has 0 radical (unpaired) electrons. The van der Waals surface area contributed by atoms with Gasteiger partial charge in [-0.1, -0.05) is 6.07 Å². The fourth-order valence-electron chi connectivity index (χ4n) is 2.30. The van der Waals surface area contributed by atoms with Crippen LogP contribution in [0.3, 0.4) is 0 Å². The van der Waals surface area contributed by atoms with Gasteiger partial charge < -0.3 is 9.84 Å². The van der Waals surface area contributed by atoms with E-state index in [1.54, 1.807) is 19.1 Å². The first-order chi connectivity index (χ1) is 8.48. The Bertz CT molecular complexity index is 466. The highest BCUT2D eigenvalue weighted by Gasteiger charge is 2.46. The third-order valence-corrected chi connectivity index (χ3v) is 3.77. The average molecular weight is 251 g/mol. The van der Waals surface area contributed by atoms with Gasteiger partial charge in [0.15, 0.2) is 5.75 Å². The van der Waals surface area contributed by atoms with Crippen LogP contribution in [-0.4, -0.2) is 23.2 Å². The van der Waals surface area contributed by atoms with Crippen LogP contribution in [0.1, 0.15) is 25.3 Å². The molecule has 1 aromatic carbocycles. The highest BCUT2D eigenvalue weighted by Crippen LogP contribution is 2.51. The maximum absolute atomic E-state index is 10.9. The van der Waals surface area contributed by atoms with E-state index in [-0.39, 0.29) is 23.0 Å². The molecule has 1 N–H and O–H groups in total. The summed E-state index contributed by atoms with van der Waals surface area (Å²) in [6, 6.07) is 4.99. The summed E-state index contributed by atoms with van der Waals surface area (Å²) in [6.45, 7) is 1.78. The number of methoxy groups -OCH3 is 1. The third kappa shape index (κ3) is 2.31. The fraction of sp³-hybridized carbons (Fsp3) is 0.538. The molecule has 1 fully saturated rings. The van der Waals surface area contributed by atoms with E-state index in [1.165, 1.54) is 7.11 Å². The van der Waals surface area contributed by atoms with Gasteiger partial charge in [-0.2, -0.15) is 0 Å². The number of nitrogens with zero attached hydrogens (tertiary/aromatic N) is 1. The van der Waals surface area contributed by atoms with E-state index in [2.05, 4.69) is 0 Å². The van der Waals surface area contributed by atoms with E-state index < -0.39 is 4.92 Å². The van der Waals surface area contributed by atoms with Gasteiger partial charge in [0.25, 0.3) is 0 Å². The van der Waals surface area contributed by atoms with Gasteiger partial charge in [-0.3, -0.25) is 10.1 Å². The largest absolute Gasteiger partial charge is 0.490 e. The van der Waals surface area contributed by atoms with Crippen molar-refractivity contribution < 1.29 is 14.8 Å². The van der Waals surface area contributed by atoms with Gasteiger partial charge in [0.1, 0.15) is 0 Å². The Morgan fingerprint density at radius 1 is 1.56 bits per heavy atom. The van der Waals surface area contributed by atoms with Crippen molar-refractivity contribution in [3.05, 3.63) is 33.9 Å². The second-order valence-electron chi connectivity index (χ2n) is 4.98. The van der Waals surface area contributed by atoms with E-state index in [0.717, 1.165) is 18.4 Å². The first kappa shape index (κ1) is 12.8. The van der Waals surface area contributed by atoms with Crippen LogP contribution < -0.4 is 4.74 Å². The van der Waals surface area contributed by atoms with Crippen molar-refractivity contribution in [3.63, 3.8) is 0 Å². The molecule has 18 heavy (non-hydrogen) atoms. The molecule has 1 saturated carbocycles. The molecule has 1 unspecified atom stereocenters. The first-order valence-corrected chi connectivity index (χ1v) is 5.98. The first-order valence-electron chi connectivity index (χ1n) is 5.98. The van der Waals surface area contributed by atoms with E-state index in [4.69, 9.17) is 4.74 Å². The Kier molecular flexibility index (Phi) is 3.26. The minimum absolute atomic E-state index is 0.0172. The standard InChI is InChI=1S/C13H17NO4/c1-9(15)13(5-6-13)8-10-3-4-12(18-2)11(7-10)14(16)17/h3-4,7,9,15H,5-6,8H2,1-2H3. The number of benzene rings is 1. The normalized spacial score (nSPS) is 18.2. The highest BCUT2D eigenvalue weighted by atomic mass is 16.6. The monoisotopic (exact) mass is 251 g/mol. The minimum atomic E-state index is -0.440. The number of aliphatic hydroxyl groups is 1. The van der Waals surface area contributed by atoms with Crippen LogP contribution in [-0.2, 0) is 6.42 Å². The van der Waals surface area contributed by atoms with Crippen molar-refractivity contribution in [2.24, 2.45) is 5.41 Å². The lowest BCUT2D eigenvalue weighted by molar-refractivity contribution is -0.385. The molecule has 5 heteroatoms. The number of aliphatic hydroxyl groups excluding tert-OH is 1. The predicted octanol–water partition coefficient (Wildman–Crippen LogP) is 2.31. The predicted molar refractivity (Wildman–Crippen MR) is 66.7 cm³/mol. The molecule has 1 aromatic rings. The SMILES string of the molecule is COc1ccc(CC2(C(C)O)CC2)cc1[N+](=O)[O-]. The lowest BCUT2D eigenvalue weighted by Gasteiger charge is -2.18. The zero-order valence-electron chi connectivity index (χ0n) is 10.5. The van der Waals surface area contributed by atoms with Crippen molar-refractivity contribution in [3.8, 4) is 5.75 Å². The molecule has 5 nitrogen and oxygen atoms in total. The molecule has 2 rings (SSSR count). The Morgan fingerprint density at radius 3 is 2.67 bits per heavy atom. The summed E-state index contributed by atoms with van der Waals surface area (Å²) in [7, 11) is 1.42. The Labute approximate surface area is 106 Å².